The Kier molecular flexibility index (Phi) is 7.18. The maximum atomic E-state index is 13.1. The number of amides is 1. The fraction of sp³-hybridized carbons (Fsp3) is 0.241. The number of nitrogens with one attached hydrogen (secondary N) is 1. The first-order chi connectivity index (χ1) is 17.9. The van der Waals surface area contributed by atoms with Crippen molar-refractivity contribution in [1.29, 1.82) is 0 Å². The van der Waals surface area contributed by atoms with E-state index in [9.17, 15) is 9.18 Å². The van der Waals surface area contributed by atoms with Gasteiger partial charge in [0.05, 0.1) is 6.54 Å². The topological polar surface area (TPSA) is 76.8 Å². The smallest absolute Gasteiger partial charge is 0.273 e. The molecule has 0 saturated carbocycles. The van der Waals surface area contributed by atoms with Crippen molar-refractivity contribution in [2.24, 2.45) is 0 Å². The Balaban J connectivity index is 1.30. The number of rotatable bonds is 9. The van der Waals surface area contributed by atoms with Crippen LogP contribution in [0.1, 0.15) is 44.2 Å². The predicted molar refractivity (Wildman–Crippen MR) is 136 cm³/mol. The first-order valence-electron chi connectivity index (χ1n) is 12.1. The quantitative estimate of drug-likeness (QED) is 0.336. The fourth-order valence-electron chi connectivity index (χ4n) is 4.23. The number of halogens is 1. The van der Waals surface area contributed by atoms with E-state index in [1.165, 1.54) is 35.1 Å². The van der Waals surface area contributed by atoms with Gasteiger partial charge in [-0.1, -0.05) is 42.0 Å². The molecule has 0 radical (unpaired) electrons. The zero-order valence-corrected chi connectivity index (χ0v) is 20.8. The van der Waals surface area contributed by atoms with Gasteiger partial charge in [-0.25, -0.2) is 9.37 Å². The number of aryl methyl sites for hydroxylation is 2. The molecule has 37 heavy (non-hydrogen) atoms. The van der Waals surface area contributed by atoms with Gasteiger partial charge in [-0.2, -0.15) is 0 Å². The third-order valence-electron chi connectivity index (χ3n) is 6.25. The van der Waals surface area contributed by atoms with Crippen LogP contribution in [0.2, 0.25) is 0 Å². The van der Waals surface area contributed by atoms with Crippen LogP contribution in [0.4, 0.5) is 4.39 Å². The zero-order valence-electron chi connectivity index (χ0n) is 20.8. The second kappa shape index (κ2) is 10.8. The molecule has 190 valence electrons. The van der Waals surface area contributed by atoms with Gasteiger partial charge in [-0.3, -0.25) is 9.69 Å². The molecule has 0 aliphatic carbocycles. The van der Waals surface area contributed by atoms with E-state index in [2.05, 4.69) is 47.2 Å². The first-order valence-corrected chi connectivity index (χ1v) is 12.1. The van der Waals surface area contributed by atoms with Crippen molar-refractivity contribution in [2.45, 2.75) is 40.0 Å². The number of carbonyl (C=O) groups excluding carboxylic acids is 1. The van der Waals surface area contributed by atoms with Gasteiger partial charge < -0.3 is 19.2 Å². The molecule has 0 atom stereocenters. The highest BCUT2D eigenvalue weighted by Crippen LogP contribution is 2.33. The largest absolute Gasteiger partial charge is 0.454 e. The molecule has 1 N–H and O–H groups in total. The summed E-state index contributed by atoms with van der Waals surface area (Å²) in [6.45, 7) is 6.39. The van der Waals surface area contributed by atoms with Crippen LogP contribution in [-0.4, -0.2) is 22.6 Å². The van der Waals surface area contributed by atoms with E-state index in [1.807, 2.05) is 18.2 Å². The molecule has 4 aromatic rings. The lowest BCUT2D eigenvalue weighted by atomic mass is 10.0. The molecule has 0 fully saturated rings. The highest BCUT2D eigenvalue weighted by atomic mass is 19.1. The minimum Gasteiger partial charge on any atom is -0.454 e. The number of ether oxygens (including phenoxy) is 2. The van der Waals surface area contributed by atoms with Crippen molar-refractivity contribution < 1.29 is 23.1 Å². The van der Waals surface area contributed by atoms with Gasteiger partial charge in [0.1, 0.15) is 12.1 Å². The summed E-state index contributed by atoms with van der Waals surface area (Å²) in [6.07, 6.45) is 1.37. The molecule has 5 rings (SSSR count). The summed E-state index contributed by atoms with van der Waals surface area (Å²) < 4.78 is 29.8. The van der Waals surface area contributed by atoms with Gasteiger partial charge in [-0.05, 0) is 60.4 Å². The zero-order chi connectivity index (χ0) is 25.8. The van der Waals surface area contributed by atoms with Gasteiger partial charge in [0, 0.05) is 19.6 Å². The third kappa shape index (κ3) is 6.16. The van der Waals surface area contributed by atoms with Gasteiger partial charge >= 0.3 is 0 Å². The van der Waals surface area contributed by atoms with Crippen molar-refractivity contribution in [1.82, 2.24) is 15.2 Å². The average Bonchev–Trinajstić information content (AvgIpc) is 3.55. The van der Waals surface area contributed by atoms with Crippen LogP contribution in [-0.2, 0) is 26.2 Å². The number of nitrogens with zero attached hydrogens (tertiary/aromatic N) is 2. The number of aromatic nitrogens is 1. The van der Waals surface area contributed by atoms with E-state index in [4.69, 9.17) is 13.9 Å². The highest BCUT2D eigenvalue weighted by molar-refractivity contribution is 5.91. The predicted octanol–water partition coefficient (Wildman–Crippen LogP) is 5.29. The Bertz CT molecular complexity index is 1400. The molecule has 8 heteroatoms. The van der Waals surface area contributed by atoms with Crippen LogP contribution in [0.3, 0.4) is 0 Å². The molecule has 1 aliphatic heterocycles. The van der Waals surface area contributed by atoms with E-state index in [1.54, 1.807) is 12.1 Å². The van der Waals surface area contributed by atoms with Crippen LogP contribution < -0.4 is 14.8 Å². The molecule has 7 nitrogen and oxygen atoms in total. The Hall–Kier alpha value is -4.17. The minimum absolute atomic E-state index is 0.201. The lowest BCUT2D eigenvalue weighted by Crippen LogP contribution is -2.24. The molecule has 0 unspecified atom stereocenters. The summed E-state index contributed by atoms with van der Waals surface area (Å²) >= 11 is 0. The number of oxazole rings is 1. The molecular formula is C29H28FN3O4. The van der Waals surface area contributed by atoms with Gasteiger partial charge in [-0.15, -0.1) is 0 Å². The van der Waals surface area contributed by atoms with Crippen molar-refractivity contribution in [3.05, 3.63) is 112 Å². The SMILES string of the molecule is Cc1ccc(C)c(CN(Cc2ccc3c(c2)OCO3)Cc2nc(C(=O)NCc3ccc(F)cc3)co2)c1. The van der Waals surface area contributed by atoms with Gasteiger partial charge in [0.15, 0.2) is 17.2 Å². The van der Waals surface area contributed by atoms with E-state index in [-0.39, 0.29) is 30.8 Å². The number of carbonyl (C=O) groups is 1. The first kappa shape index (κ1) is 24.5. The Morgan fingerprint density at radius 1 is 0.946 bits per heavy atom. The Morgan fingerprint density at radius 3 is 2.57 bits per heavy atom. The highest BCUT2D eigenvalue weighted by Gasteiger charge is 2.19. The molecule has 0 spiro atoms. The monoisotopic (exact) mass is 501 g/mol. The maximum Gasteiger partial charge on any atom is 0.273 e. The number of hydrogen-bond donors (Lipinski definition) is 1. The minimum atomic E-state index is -0.351. The van der Waals surface area contributed by atoms with Crippen molar-refractivity contribution in [2.75, 3.05) is 6.79 Å². The summed E-state index contributed by atoms with van der Waals surface area (Å²) in [4.78, 5) is 19.3. The summed E-state index contributed by atoms with van der Waals surface area (Å²) in [5.41, 5.74) is 5.67. The summed E-state index contributed by atoms with van der Waals surface area (Å²) in [6, 6.07) is 18.3. The van der Waals surface area contributed by atoms with Crippen molar-refractivity contribution >= 4 is 5.91 Å². The fourth-order valence-corrected chi connectivity index (χ4v) is 4.23. The van der Waals surface area contributed by atoms with E-state index in [0.717, 1.165) is 22.6 Å². The van der Waals surface area contributed by atoms with E-state index >= 15 is 0 Å². The third-order valence-corrected chi connectivity index (χ3v) is 6.25. The molecule has 1 amide bonds. The van der Waals surface area contributed by atoms with Gasteiger partial charge in [0.2, 0.25) is 12.7 Å². The van der Waals surface area contributed by atoms with E-state index < -0.39 is 0 Å². The van der Waals surface area contributed by atoms with Crippen molar-refractivity contribution in [3.63, 3.8) is 0 Å². The number of fused-ring (bicyclic) bond motifs is 1. The molecule has 2 heterocycles. The molecule has 1 aliphatic rings. The lowest BCUT2D eigenvalue weighted by Gasteiger charge is -2.22. The van der Waals surface area contributed by atoms with Crippen molar-refractivity contribution in [3.8, 4) is 11.5 Å². The Morgan fingerprint density at radius 2 is 1.73 bits per heavy atom. The second-order valence-electron chi connectivity index (χ2n) is 9.20. The van der Waals surface area contributed by atoms with E-state index in [0.29, 0.717) is 25.5 Å². The standard InChI is InChI=1S/C29H28FN3O4/c1-19-3-4-20(2)23(11-19)15-33(14-22-7-10-26-27(12-22)37-18-36-26)16-28-32-25(17-35-28)29(34)31-13-21-5-8-24(30)9-6-21/h3-12,17H,13-16,18H2,1-2H3,(H,31,34). The molecule has 3 aromatic carbocycles. The molecular weight excluding hydrogens is 473 g/mol. The second-order valence-corrected chi connectivity index (χ2v) is 9.20. The summed E-state index contributed by atoms with van der Waals surface area (Å²) in [5, 5.41) is 2.80. The lowest BCUT2D eigenvalue weighted by molar-refractivity contribution is 0.0945. The van der Waals surface area contributed by atoms with Crippen LogP contribution in [0.5, 0.6) is 11.5 Å². The number of hydrogen-bond acceptors (Lipinski definition) is 6. The molecule has 0 bridgehead atoms. The van der Waals surface area contributed by atoms with Gasteiger partial charge in [0.25, 0.3) is 5.91 Å². The van der Waals surface area contributed by atoms with Crippen LogP contribution in [0.25, 0.3) is 0 Å². The van der Waals surface area contributed by atoms with Crippen LogP contribution in [0.15, 0.2) is 71.3 Å². The molecule has 1 aromatic heterocycles. The summed E-state index contributed by atoms with van der Waals surface area (Å²) in [5.74, 6) is 1.26. The Labute approximate surface area is 214 Å². The van der Waals surface area contributed by atoms with Crippen LogP contribution in [0, 0.1) is 19.7 Å². The summed E-state index contributed by atoms with van der Waals surface area (Å²) in [7, 11) is 0. The van der Waals surface area contributed by atoms with Crippen LogP contribution >= 0.6 is 0 Å². The normalized spacial score (nSPS) is 12.2. The average molecular weight is 502 g/mol. The molecule has 0 saturated heterocycles. The number of benzene rings is 3. The maximum absolute atomic E-state index is 13.1.